The van der Waals surface area contributed by atoms with E-state index in [1.807, 2.05) is 6.92 Å². The van der Waals surface area contributed by atoms with E-state index >= 15 is 0 Å². The summed E-state index contributed by atoms with van der Waals surface area (Å²) in [6.07, 6.45) is 0. The molecule has 0 unspecified atom stereocenters. The summed E-state index contributed by atoms with van der Waals surface area (Å²) in [7, 11) is -3.67. The van der Waals surface area contributed by atoms with Crippen LogP contribution in [0.5, 0.6) is 5.75 Å². The van der Waals surface area contributed by atoms with Crippen molar-refractivity contribution in [2.75, 3.05) is 0 Å². The van der Waals surface area contributed by atoms with Gasteiger partial charge in [-0.1, -0.05) is 17.7 Å². The molecule has 5 heteroatoms. The van der Waals surface area contributed by atoms with E-state index < -0.39 is 9.84 Å². The van der Waals surface area contributed by atoms with E-state index in [-0.39, 0.29) is 21.1 Å². The predicted molar refractivity (Wildman–Crippen MR) is 69.5 cm³/mol. The van der Waals surface area contributed by atoms with Crippen molar-refractivity contribution in [1.82, 2.24) is 0 Å². The van der Waals surface area contributed by atoms with E-state index in [0.717, 1.165) is 5.56 Å². The Morgan fingerprint density at radius 3 is 2.21 bits per heavy atom. The van der Waals surface area contributed by atoms with E-state index in [4.69, 9.17) is 5.26 Å². The lowest BCUT2D eigenvalue weighted by Crippen LogP contribution is -2.02. The average Bonchev–Trinajstić information content (AvgIpc) is 2.39. The zero-order valence-electron chi connectivity index (χ0n) is 10.2. The molecule has 0 atom stereocenters. The van der Waals surface area contributed by atoms with Crippen LogP contribution in [0.2, 0.25) is 0 Å². The number of rotatable bonds is 2. The van der Waals surface area contributed by atoms with Crippen LogP contribution in [-0.2, 0) is 9.84 Å². The summed E-state index contributed by atoms with van der Waals surface area (Å²) in [4.78, 5) is 0.151. The van der Waals surface area contributed by atoms with Crippen molar-refractivity contribution in [2.24, 2.45) is 0 Å². The first-order valence-electron chi connectivity index (χ1n) is 5.50. The standard InChI is InChI=1S/C14H11NO3S/c1-10-2-4-12(5-3-10)19(17,18)13-6-7-14(16)11(8-13)9-15/h2-8,16H,1H3. The quantitative estimate of drug-likeness (QED) is 0.911. The number of hydrogen-bond acceptors (Lipinski definition) is 4. The van der Waals surface area contributed by atoms with Crippen LogP contribution in [-0.4, -0.2) is 13.5 Å². The van der Waals surface area contributed by atoms with Crippen LogP contribution in [0.3, 0.4) is 0 Å². The second kappa shape index (κ2) is 4.75. The second-order valence-electron chi connectivity index (χ2n) is 4.11. The Labute approximate surface area is 111 Å². The highest BCUT2D eigenvalue weighted by atomic mass is 32.2. The molecule has 2 aromatic carbocycles. The van der Waals surface area contributed by atoms with Gasteiger partial charge < -0.3 is 5.11 Å². The zero-order chi connectivity index (χ0) is 14.0. The summed E-state index contributed by atoms with van der Waals surface area (Å²) in [5.74, 6) is -0.231. The van der Waals surface area contributed by atoms with Gasteiger partial charge in [-0.2, -0.15) is 5.26 Å². The van der Waals surface area contributed by atoms with Crippen LogP contribution in [0.1, 0.15) is 11.1 Å². The van der Waals surface area contributed by atoms with Gasteiger partial charge in [0.2, 0.25) is 9.84 Å². The fourth-order valence-corrected chi connectivity index (χ4v) is 2.91. The molecular formula is C14H11NO3S. The minimum atomic E-state index is -3.67. The molecule has 96 valence electrons. The first kappa shape index (κ1) is 13.1. The summed E-state index contributed by atoms with van der Waals surface area (Å²) >= 11 is 0. The summed E-state index contributed by atoms with van der Waals surface area (Å²) in [5.41, 5.74) is 0.899. The number of phenolic OH excluding ortho intramolecular Hbond substituents is 1. The average molecular weight is 273 g/mol. The van der Waals surface area contributed by atoms with Crippen molar-refractivity contribution in [3.63, 3.8) is 0 Å². The molecule has 0 aliphatic rings. The van der Waals surface area contributed by atoms with Crippen molar-refractivity contribution in [1.29, 1.82) is 5.26 Å². The Morgan fingerprint density at radius 2 is 1.63 bits per heavy atom. The van der Waals surface area contributed by atoms with Gasteiger partial charge in [0.25, 0.3) is 0 Å². The molecule has 4 nitrogen and oxygen atoms in total. The van der Waals surface area contributed by atoms with Crippen LogP contribution in [0.15, 0.2) is 52.3 Å². The van der Waals surface area contributed by atoms with Gasteiger partial charge in [0, 0.05) is 0 Å². The molecule has 0 fully saturated rings. The van der Waals surface area contributed by atoms with Crippen molar-refractivity contribution >= 4 is 9.84 Å². The SMILES string of the molecule is Cc1ccc(S(=O)(=O)c2ccc(O)c(C#N)c2)cc1. The lowest BCUT2D eigenvalue weighted by molar-refractivity contribution is 0.473. The summed E-state index contributed by atoms with van der Waals surface area (Å²) in [6.45, 7) is 1.87. The zero-order valence-corrected chi connectivity index (χ0v) is 11.0. The maximum absolute atomic E-state index is 12.3. The Kier molecular flexibility index (Phi) is 3.28. The number of hydrogen-bond donors (Lipinski definition) is 1. The van der Waals surface area contributed by atoms with Crippen molar-refractivity contribution in [3.05, 3.63) is 53.6 Å². The van der Waals surface area contributed by atoms with Gasteiger partial charge in [-0.05, 0) is 37.3 Å². The summed E-state index contributed by atoms with van der Waals surface area (Å²) < 4.78 is 24.7. The molecule has 0 bridgehead atoms. The molecule has 0 amide bonds. The lowest BCUT2D eigenvalue weighted by atomic mass is 10.2. The van der Waals surface area contributed by atoms with Gasteiger partial charge in [-0.25, -0.2) is 8.42 Å². The molecule has 19 heavy (non-hydrogen) atoms. The van der Waals surface area contributed by atoms with Crippen LogP contribution in [0, 0.1) is 18.3 Å². The number of aromatic hydroxyl groups is 1. The van der Waals surface area contributed by atoms with Crippen molar-refractivity contribution in [3.8, 4) is 11.8 Å². The molecule has 0 spiro atoms. The number of sulfone groups is 1. The molecule has 0 aliphatic carbocycles. The molecule has 0 aromatic heterocycles. The molecule has 1 N–H and O–H groups in total. The van der Waals surface area contributed by atoms with E-state index in [1.54, 1.807) is 18.2 Å². The smallest absolute Gasteiger partial charge is 0.206 e. The van der Waals surface area contributed by atoms with Crippen LogP contribution >= 0.6 is 0 Å². The second-order valence-corrected chi connectivity index (χ2v) is 6.06. The molecule has 2 aromatic rings. The third kappa shape index (κ3) is 2.44. The lowest BCUT2D eigenvalue weighted by Gasteiger charge is -2.06. The molecule has 0 saturated heterocycles. The van der Waals surface area contributed by atoms with E-state index in [2.05, 4.69) is 0 Å². The fourth-order valence-electron chi connectivity index (χ4n) is 1.63. The molecule has 0 aliphatic heterocycles. The summed E-state index contributed by atoms with van der Waals surface area (Å²) in [6, 6.07) is 11.9. The minimum Gasteiger partial charge on any atom is -0.507 e. The van der Waals surface area contributed by atoms with E-state index in [0.29, 0.717) is 0 Å². The molecule has 0 saturated carbocycles. The van der Waals surface area contributed by atoms with Crippen LogP contribution in [0.4, 0.5) is 0 Å². The van der Waals surface area contributed by atoms with E-state index in [9.17, 15) is 13.5 Å². The monoisotopic (exact) mass is 273 g/mol. The Morgan fingerprint density at radius 1 is 1.05 bits per heavy atom. The largest absolute Gasteiger partial charge is 0.507 e. The maximum Gasteiger partial charge on any atom is 0.206 e. The molecule has 0 radical (unpaired) electrons. The Hall–Kier alpha value is -2.32. The van der Waals surface area contributed by atoms with Gasteiger partial charge in [0.15, 0.2) is 0 Å². The van der Waals surface area contributed by atoms with Gasteiger partial charge >= 0.3 is 0 Å². The first-order chi connectivity index (χ1) is 8.95. The number of aryl methyl sites for hydroxylation is 1. The number of nitrogens with zero attached hydrogens (tertiary/aromatic N) is 1. The van der Waals surface area contributed by atoms with E-state index in [1.165, 1.54) is 30.3 Å². The van der Waals surface area contributed by atoms with Gasteiger partial charge in [0.05, 0.1) is 15.4 Å². The highest BCUT2D eigenvalue weighted by Crippen LogP contribution is 2.25. The Balaban J connectivity index is 2.57. The molecule has 2 rings (SSSR count). The van der Waals surface area contributed by atoms with Gasteiger partial charge in [-0.15, -0.1) is 0 Å². The van der Waals surface area contributed by atoms with Crippen molar-refractivity contribution in [2.45, 2.75) is 16.7 Å². The normalized spacial score (nSPS) is 10.9. The minimum absolute atomic E-state index is 0.00861. The fraction of sp³-hybridized carbons (Fsp3) is 0.0714. The summed E-state index contributed by atoms with van der Waals surface area (Å²) in [5, 5.41) is 18.2. The van der Waals surface area contributed by atoms with Crippen LogP contribution < -0.4 is 0 Å². The number of benzene rings is 2. The topological polar surface area (TPSA) is 78.2 Å². The van der Waals surface area contributed by atoms with Gasteiger partial charge in [-0.3, -0.25) is 0 Å². The highest BCUT2D eigenvalue weighted by Gasteiger charge is 2.18. The van der Waals surface area contributed by atoms with Crippen molar-refractivity contribution < 1.29 is 13.5 Å². The Bertz CT molecular complexity index is 756. The maximum atomic E-state index is 12.3. The molecular weight excluding hydrogens is 262 g/mol. The number of nitriles is 1. The third-order valence-electron chi connectivity index (χ3n) is 2.73. The predicted octanol–water partition coefficient (Wildman–Crippen LogP) is 2.41. The first-order valence-corrected chi connectivity index (χ1v) is 6.98. The highest BCUT2D eigenvalue weighted by molar-refractivity contribution is 7.91. The number of phenols is 1. The third-order valence-corrected chi connectivity index (χ3v) is 4.50. The van der Waals surface area contributed by atoms with Gasteiger partial charge in [0.1, 0.15) is 11.8 Å². The van der Waals surface area contributed by atoms with Crippen LogP contribution in [0.25, 0.3) is 0 Å². The molecule has 0 heterocycles.